The molecule has 0 atom stereocenters. The Morgan fingerprint density at radius 2 is 1.57 bits per heavy atom. The first kappa shape index (κ1) is 10.2. The number of hydrogen-bond donors (Lipinski definition) is 5. The number of rotatable bonds is 5. The van der Waals surface area contributed by atoms with Crippen molar-refractivity contribution in [3.63, 3.8) is 0 Å². The van der Waals surface area contributed by atoms with Gasteiger partial charge in [-0.3, -0.25) is 10.4 Å². The van der Waals surface area contributed by atoms with Gasteiger partial charge in [0.25, 0.3) is 11.9 Å². The maximum absolute atomic E-state index is 8.55. The van der Waals surface area contributed by atoms with Gasteiger partial charge >= 0.3 is 0 Å². The first-order valence-corrected chi connectivity index (χ1v) is 3.71. The van der Waals surface area contributed by atoms with Crippen molar-refractivity contribution >= 4 is 17.8 Å². The molecule has 0 aliphatic rings. The molecule has 0 spiro atoms. The fourth-order valence-electron chi connectivity index (χ4n) is 0.718. The Balaban J connectivity index is 2.86. The fourth-order valence-corrected chi connectivity index (χ4v) is 0.718. The highest BCUT2D eigenvalue weighted by Gasteiger charge is 2.03. The molecule has 1 rings (SSSR count). The van der Waals surface area contributed by atoms with Crippen molar-refractivity contribution in [1.29, 1.82) is 0 Å². The topological polar surface area (TPSA) is 115 Å². The lowest BCUT2D eigenvalue weighted by molar-refractivity contribution is 0.375. The smallest absolute Gasteiger partial charge is 0.253 e. The molecule has 0 saturated heterocycles. The van der Waals surface area contributed by atoms with Crippen molar-refractivity contribution < 1.29 is 10.4 Å². The van der Waals surface area contributed by atoms with Gasteiger partial charge in [0, 0.05) is 6.54 Å². The van der Waals surface area contributed by atoms with Crippen molar-refractivity contribution in [3.05, 3.63) is 12.7 Å². The molecular formula is C6H10N6O2. The van der Waals surface area contributed by atoms with E-state index in [1.807, 2.05) is 0 Å². The number of anilines is 3. The number of nitrogens with one attached hydrogen (secondary N) is 3. The minimum Gasteiger partial charge on any atom is -0.351 e. The first-order chi connectivity index (χ1) is 6.80. The minimum atomic E-state index is -0.0805. The van der Waals surface area contributed by atoms with Crippen LogP contribution in [-0.4, -0.2) is 31.9 Å². The van der Waals surface area contributed by atoms with Crippen LogP contribution >= 0.6 is 0 Å². The third kappa shape index (κ3) is 2.54. The van der Waals surface area contributed by atoms with Crippen molar-refractivity contribution in [3.8, 4) is 0 Å². The summed E-state index contributed by atoms with van der Waals surface area (Å²) in [6.07, 6.45) is 1.61. The molecule has 0 aromatic carbocycles. The Hall–Kier alpha value is -1.93. The summed E-state index contributed by atoms with van der Waals surface area (Å²) in [6, 6.07) is 0. The van der Waals surface area contributed by atoms with Gasteiger partial charge in [0.2, 0.25) is 5.95 Å². The van der Waals surface area contributed by atoms with E-state index in [0.717, 1.165) is 0 Å². The summed E-state index contributed by atoms with van der Waals surface area (Å²) >= 11 is 0. The normalized spacial score (nSPS) is 9.29. The Labute approximate surface area is 79.6 Å². The van der Waals surface area contributed by atoms with Gasteiger partial charge in [-0.15, -0.1) is 6.58 Å². The van der Waals surface area contributed by atoms with E-state index < -0.39 is 0 Å². The van der Waals surface area contributed by atoms with Gasteiger partial charge in [-0.2, -0.15) is 15.0 Å². The van der Waals surface area contributed by atoms with E-state index in [-0.39, 0.29) is 17.8 Å². The summed E-state index contributed by atoms with van der Waals surface area (Å²) in [6.45, 7) is 3.96. The monoisotopic (exact) mass is 198 g/mol. The second-order valence-corrected chi connectivity index (χ2v) is 2.20. The molecule has 0 unspecified atom stereocenters. The average Bonchev–Trinajstić information content (AvgIpc) is 2.25. The summed E-state index contributed by atoms with van der Waals surface area (Å²) in [5.41, 5.74) is 3.48. The van der Waals surface area contributed by atoms with Gasteiger partial charge < -0.3 is 5.32 Å². The van der Waals surface area contributed by atoms with Crippen LogP contribution in [0.15, 0.2) is 12.7 Å². The van der Waals surface area contributed by atoms with E-state index in [1.54, 1.807) is 17.0 Å². The number of nitrogens with zero attached hydrogens (tertiary/aromatic N) is 3. The summed E-state index contributed by atoms with van der Waals surface area (Å²) in [7, 11) is 0. The van der Waals surface area contributed by atoms with Crippen LogP contribution in [0.4, 0.5) is 17.8 Å². The zero-order valence-corrected chi connectivity index (χ0v) is 7.23. The lowest BCUT2D eigenvalue weighted by Crippen LogP contribution is -2.09. The molecule has 0 saturated carbocycles. The molecule has 5 N–H and O–H groups in total. The van der Waals surface area contributed by atoms with Gasteiger partial charge in [-0.1, -0.05) is 6.08 Å². The molecular weight excluding hydrogens is 188 g/mol. The second kappa shape index (κ2) is 4.94. The average molecular weight is 198 g/mol. The third-order valence-corrected chi connectivity index (χ3v) is 1.24. The summed E-state index contributed by atoms with van der Waals surface area (Å²) < 4.78 is 0. The van der Waals surface area contributed by atoms with Crippen molar-refractivity contribution in [2.75, 3.05) is 22.8 Å². The van der Waals surface area contributed by atoms with Crippen LogP contribution in [-0.2, 0) is 0 Å². The second-order valence-electron chi connectivity index (χ2n) is 2.20. The van der Waals surface area contributed by atoms with Crippen molar-refractivity contribution in [2.45, 2.75) is 0 Å². The molecule has 0 bridgehead atoms. The van der Waals surface area contributed by atoms with Gasteiger partial charge in [0.05, 0.1) is 0 Å². The lowest BCUT2D eigenvalue weighted by Gasteiger charge is -2.05. The van der Waals surface area contributed by atoms with Gasteiger partial charge in [-0.25, -0.2) is 11.0 Å². The van der Waals surface area contributed by atoms with Gasteiger partial charge in [0.15, 0.2) is 0 Å². The quantitative estimate of drug-likeness (QED) is 0.333. The van der Waals surface area contributed by atoms with E-state index in [9.17, 15) is 0 Å². The molecule has 0 amide bonds. The van der Waals surface area contributed by atoms with Crippen molar-refractivity contribution in [2.24, 2.45) is 0 Å². The molecule has 0 fully saturated rings. The highest BCUT2D eigenvalue weighted by Crippen LogP contribution is 2.07. The van der Waals surface area contributed by atoms with Crippen LogP contribution in [0.2, 0.25) is 0 Å². The Bertz CT molecular complexity index is 295. The molecule has 14 heavy (non-hydrogen) atoms. The fraction of sp³-hybridized carbons (Fsp3) is 0.167. The summed E-state index contributed by atoms with van der Waals surface area (Å²) in [5.74, 6) is 0.0409. The molecule has 76 valence electrons. The Morgan fingerprint density at radius 3 is 2.00 bits per heavy atom. The molecule has 0 aliphatic heterocycles. The zero-order valence-electron chi connectivity index (χ0n) is 7.23. The first-order valence-electron chi connectivity index (χ1n) is 3.71. The van der Waals surface area contributed by atoms with E-state index in [1.165, 1.54) is 0 Å². The van der Waals surface area contributed by atoms with E-state index in [0.29, 0.717) is 6.54 Å². The predicted octanol–water partition coefficient (Wildman–Crippen LogP) is 0.0717. The van der Waals surface area contributed by atoms with Crippen LogP contribution in [0, 0.1) is 0 Å². The molecule has 8 nitrogen and oxygen atoms in total. The SMILES string of the molecule is C=CCNc1nc(NO)nc(NO)n1. The summed E-state index contributed by atoms with van der Waals surface area (Å²) in [5, 5.41) is 19.9. The third-order valence-electron chi connectivity index (χ3n) is 1.24. The lowest BCUT2D eigenvalue weighted by atomic mass is 10.6. The van der Waals surface area contributed by atoms with Crippen LogP contribution in [0.5, 0.6) is 0 Å². The van der Waals surface area contributed by atoms with Crippen LogP contribution in [0.3, 0.4) is 0 Å². The van der Waals surface area contributed by atoms with Gasteiger partial charge in [0.1, 0.15) is 0 Å². The predicted molar refractivity (Wildman–Crippen MR) is 49.3 cm³/mol. The minimum absolute atomic E-state index is 0.0805. The number of hydrogen-bond acceptors (Lipinski definition) is 8. The van der Waals surface area contributed by atoms with Crippen LogP contribution in [0.25, 0.3) is 0 Å². The van der Waals surface area contributed by atoms with Crippen LogP contribution in [0.1, 0.15) is 0 Å². The summed E-state index contributed by atoms with van der Waals surface area (Å²) in [4.78, 5) is 11.1. The van der Waals surface area contributed by atoms with Gasteiger partial charge in [-0.05, 0) is 0 Å². The van der Waals surface area contributed by atoms with E-state index in [4.69, 9.17) is 10.4 Å². The van der Waals surface area contributed by atoms with E-state index >= 15 is 0 Å². The number of aromatic nitrogens is 3. The Kier molecular flexibility index (Phi) is 3.58. The van der Waals surface area contributed by atoms with E-state index in [2.05, 4.69) is 26.8 Å². The highest BCUT2D eigenvalue weighted by atomic mass is 16.5. The molecule has 1 aromatic heterocycles. The zero-order chi connectivity index (χ0) is 10.4. The maximum Gasteiger partial charge on any atom is 0.253 e. The standard InChI is InChI=1S/C6H10N6O2/c1-2-3-7-4-8-5(11-13)10-6(9-4)12-14/h2,13-14H,1,3H2,(H3,7,8,9,10,11,12). The molecule has 8 heteroatoms. The molecule has 1 heterocycles. The Morgan fingerprint density at radius 1 is 1.07 bits per heavy atom. The molecule has 1 aromatic rings. The highest BCUT2D eigenvalue weighted by molar-refractivity contribution is 5.40. The molecule has 0 radical (unpaired) electrons. The van der Waals surface area contributed by atoms with Crippen LogP contribution < -0.4 is 16.3 Å². The maximum atomic E-state index is 8.55. The molecule has 0 aliphatic carbocycles. The van der Waals surface area contributed by atoms with Crippen molar-refractivity contribution in [1.82, 2.24) is 15.0 Å². The largest absolute Gasteiger partial charge is 0.351 e.